The molecule has 1 unspecified atom stereocenters. The summed E-state index contributed by atoms with van der Waals surface area (Å²) in [6.45, 7) is 3.89. The fourth-order valence-electron chi connectivity index (χ4n) is 1.45. The van der Waals surface area contributed by atoms with Crippen LogP contribution in [-0.2, 0) is 11.3 Å². The second kappa shape index (κ2) is 7.49. The van der Waals surface area contributed by atoms with Crippen LogP contribution < -0.4 is 5.32 Å². The van der Waals surface area contributed by atoms with Crippen molar-refractivity contribution in [3.8, 4) is 0 Å². The Hall–Kier alpha value is -1.08. The maximum Gasteiger partial charge on any atom is 0.411 e. The van der Waals surface area contributed by atoms with E-state index in [2.05, 4.69) is 29.0 Å². The van der Waals surface area contributed by atoms with Crippen LogP contribution in [0.1, 0.15) is 32.0 Å². The molecule has 0 bridgehead atoms. The molecule has 1 aromatic rings. The number of aromatic nitrogens is 2. The molecular formula is C12H20F3N3O. The zero-order valence-corrected chi connectivity index (χ0v) is 11.2. The Morgan fingerprint density at radius 2 is 2.21 bits per heavy atom. The lowest BCUT2D eigenvalue weighted by atomic mass is 10.3. The van der Waals surface area contributed by atoms with E-state index in [1.807, 2.05) is 16.9 Å². The van der Waals surface area contributed by atoms with Gasteiger partial charge in [-0.25, -0.2) is 0 Å². The highest BCUT2D eigenvalue weighted by Crippen LogP contribution is 2.14. The molecule has 0 spiro atoms. The van der Waals surface area contributed by atoms with Gasteiger partial charge in [-0.05, 0) is 19.4 Å². The molecule has 4 nitrogen and oxygen atoms in total. The Morgan fingerprint density at radius 3 is 2.84 bits per heavy atom. The normalized spacial score (nSPS) is 13.7. The van der Waals surface area contributed by atoms with Crippen molar-refractivity contribution in [2.75, 3.05) is 19.8 Å². The fraction of sp³-hybridized carbons (Fsp3) is 0.750. The van der Waals surface area contributed by atoms with Gasteiger partial charge in [0.2, 0.25) is 0 Å². The first-order chi connectivity index (χ1) is 8.92. The lowest BCUT2D eigenvalue weighted by Crippen LogP contribution is -2.23. The third kappa shape index (κ3) is 6.58. The highest BCUT2D eigenvalue weighted by atomic mass is 19.4. The molecule has 0 radical (unpaired) electrons. The maximum absolute atomic E-state index is 11.8. The Bertz CT molecular complexity index is 365. The molecule has 1 rings (SSSR count). The molecule has 1 heterocycles. The molecule has 1 atom stereocenters. The van der Waals surface area contributed by atoms with Crippen LogP contribution in [-0.4, -0.2) is 35.7 Å². The van der Waals surface area contributed by atoms with Crippen LogP contribution in [0.5, 0.6) is 0 Å². The van der Waals surface area contributed by atoms with Crippen molar-refractivity contribution in [1.29, 1.82) is 0 Å². The lowest BCUT2D eigenvalue weighted by molar-refractivity contribution is -0.173. The van der Waals surface area contributed by atoms with E-state index in [1.54, 1.807) is 0 Å². The third-order valence-corrected chi connectivity index (χ3v) is 2.70. The van der Waals surface area contributed by atoms with Crippen LogP contribution >= 0.6 is 0 Å². The fourth-order valence-corrected chi connectivity index (χ4v) is 1.45. The molecular weight excluding hydrogens is 259 g/mol. The largest absolute Gasteiger partial charge is 0.411 e. The summed E-state index contributed by atoms with van der Waals surface area (Å²) in [5.41, 5.74) is 0.871. The van der Waals surface area contributed by atoms with E-state index in [0.29, 0.717) is 19.1 Å². The first-order valence-corrected chi connectivity index (χ1v) is 6.31. The highest BCUT2D eigenvalue weighted by Gasteiger charge is 2.27. The minimum Gasteiger partial charge on any atom is -0.371 e. The zero-order valence-electron chi connectivity index (χ0n) is 11.2. The number of ether oxygens (including phenoxy) is 1. The second-order valence-corrected chi connectivity index (χ2v) is 4.39. The lowest BCUT2D eigenvalue weighted by Gasteiger charge is -2.09. The number of hydrogen-bond donors (Lipinski definition) is 1. The molecule has 1 N–H and O–H groups in total. The average Bonchev–Trinajstić information content (AvgIpc) is 2.80. The molecule has 7 heteroatoms. The zero-order chi connectivity index (χ0) is 14.3. The molecule has 0 aromatic carbocycles. The van der Waals surface area contributed by atoms with Crippen molar-refractivity contribution < 1.29 is 17.9 Å². The van der Waals surface area contributed by atoms with Gasteiger partial charge in [-0.1, -0.05) is 6.92 Å². The summed E-state index contributed by atoms with van der Waals surface area (Å²) in [4.78, 5) is 0. The van der Waals surface area contributed by atoms with Gasteiger partial charge in [0.05, 0.1) is 12.3 Å². The van der Waals surface area contributed by atoms with E-state index in [4.69, 9.17) is 0 Å². The van der Waals surface area contributed by atoms with Gasteiger partial charge < -0.3 is 10.1 Å². The molecule has 19 heavy (non-hydrogen) atoms. The number of alkyl halides is 3. The molecule has 110 valence electrons. The van der Waals surface area contributed by atoms with Gasteiger partial charge in [-0.3, -0.25) is 4.68 Å². The van der Waals surface area contributed by atoms with Gasteiger partial charge in [-0.15, -0.1) is 0 Å². The number of halogens is 3. The van der Waals surface area contributed by atoms with Gasteiger partial charge in [0.15, 0.2) is 0 Å². The van der Waals surface area contributed by atoms with Crippen molar-refractivity contribution in [1.82, 2.24) is 15.1 Å². The smallest absolute Gasteiger partial charge is 0.371 e. The van der Waals surface area contributed by atoms with Crippen molar-refractivity contribution in [2.24, 2.45) is 0 Å². The summed E-state index contributed by atoms with van der Waals surface area (Å²) in [5.74, 6) is 0. The van der Waals surface area contributed by atoms with Gasteiger partial charge >= 0.3 is 6.18 Å². The van der Waals surface area contributed by atoms with Crippen molar-refractivity contribution in [2.45, 2.75) is 39.0 Å². The molecule has 0 amide bonds. The van der Waals surface area contributed by atoms with E-state index in [-0.39, 0.29) is 6.61 Å². The predicted molar refractivity (Wildman–Crippen MR) is 65.8 cm³/mol. The summed E-state index contributed by atoms with van der Waals surface area (Å²) in [7, 11) is 0. The standard InChI is InChI=1S/C12H20F3N3O/c1-3-10(2)18-6-4-11(17-18)8-16-5-7-19-9-12(13,14)15/h4,6,10,16H,3,5,7-9H2,1-2H3. The van der Waals surface area contributed by atoms with Crippen molar-refractivity contribution in [3.63, 3.8) is 0 Å². The number of nitrogens with one attached hydrogen (secondary N) is 1. The SMILES string of the molecule is CCC(C)n1ccc(CNCCOCC(F)(F)F)n1. The summed E-state index contributed by atoms with van der Waals surface area (Å²) >= 11 is 0. The van der Waals surface area contributed by atoms with Gasteiger partial charge in [0.1, 0.15) is 6.61 Å². The van der Waals surface area contributed by atoms with Crippen LogP contribution in [0.25, 0.3) is 0 Å². The number of rotatable bonds is 8. The van der Waals surface area contributed by atoms with E-state index < -0.39 is 12.8 Å². The Balaban J connectivity index is 2.14. The summed E-state index contributed by atoms with van der Waals surface area (Å²) in [6, 6.07) is 2.25. The summed E-state index contributed by atoms with van der Waals surface area (Å²) in [6.07, 6.45) is -1.35. The molecule has 0 saturated heterocycles. The predicted octanol–water partition coefficient (Wildman–Crippen LogP) is 2.52. The Labute approximate surface area is 110 Å². The van der Waals surface area contributed by atoms with E-state index >= 15 is 0 Å². The molecule has 0 aliphatic rings. The molecule has 0 aliphatic carbocycles. The first-order valence-electron chi connectivity index (χ1n) is 6.31. The van der Waals surface area contributed by atoms with E-state index in [9.17, 15) is 13.2 Å². The van der Waals surface area contributed by atoms with Crippen LogP contribution in [0.3, 0.4) is 0 Å². The Kier molecular flexibility index (Phi) is 6.30. The monoisotopic (exact) mass is 279 g/mol. The van der Waals surface area contributed by atoms with Crippen molar-refractivity contribution >= 4 is 0 Å². The molecule has 0 saturated carbocycles. The quantitative estimate of drug-likeness (QED) is 0.743. The maximum atomic E-state index is 11.8. The number of hydrogen-bond acceptors (Lipinski definition) is 3. The Morgan fingerprint density at radius 1 is 1.47 bits per heavy atom. The van der Waals surface area contributed by atoms with Gasteiger partial charge in [-0.2, -0.15) is 18.3 Å². The van der Waals surface area contributed by atoms with E-state index in [0.717, 1.165) is 12.1 Å². The first kappa shape index (κ1) is 16.0. The van der Waals surface area contributed by atoms with Gasteiger partial charge in [0.25, 0.3) is 0 Å². The summed E-state index contributed by atoms with van der Waals surface area (Å²) < 4.78 is 41.7. The topological polar surface area (TPSA) is 39.1 Å². The number of nitrogens with zero attached hydrogens (tertiary/aromatic N) is 2. The second-order valence-electron chi connectivity index (χ2n) is 4.39. The average molecular weight is 279 g/mol. The molecule has 1 aromatic heterocycles. The molecule has 0 aliphatic heterocycles. The van der Waals surface area contributed by atoms with Gasteiger partial charge in [0, 0.05) is 25.3 Å². The van der Waals surface area contributed by atoms with Crippen LogP contribution in [0.4, 0.5) is 13.2 Å². The summed E-state index contributed by atoms with van der Waals surface area (Å²) in [5, 5.41) is 7.36. The minimum atomic E-state index is -4.25. The third-order valence-electron chi connectivity index (χ3n) is 2.70. The van der Waals surface area contributed by atoms with Crippen LogP contribution in [0.2, 0.25) is 0 Å². The molecule has 0 fully saturated rings. The van der Waals surface area contributed by atoms with Crippen molar-refractivity contribution in [3.05, 3.63) is 18.0 Å². The van der Waals surface area contributed by atoms with E-state index in [1.165, 1.54) is 0 Å². The highest BCUT2D eigenvalue weighted by molar-refractivity contribution is 4.99. The minimum absolute atomic E-state index is 0.0333. The van der Waals surface area contributed by atoms with Crippen LogP contribution in [0, 0.1) is 0 Å². The van der Waals surface area contributed by atoms with Crippen LogP contribution in [0.15, 0.2) is 12.3 Å².